The van der Waals surface area contributed by atoms with E-state index in [0.29, 0.717) is 10.0 Å². The monoisotopic (exact) mass is 567 g/mol. The minimum absolute atomic E-state index is 0.0999. The molecular weight excluding hydrogens is 557 g/mol. The number of nitrogens with one attached hydrogen (secondary N) is 2. The molecule has 0 aliphatic rings. The normalized spacial score (nSPS) is 10.7. The maximum absolute atomic E-state index is 12.5. The van der Waals surface area contributed by atoms with Crippen LogP contribution in [0.2, 0.25) is 15.1 Å². The van der Waals surface area contributed by atoms with E-state index in [1.54, 1.807) is 36.4 Å². The van der Waals surface area contributed by atoms with Crippen molar-refractivity contribution in [3.63, 3.8) is 0 Å². The summed E-state index contributed by atoms with van der Waals surface area (Å²) in [4.78, 5) is 36.6. The number of hydrogen-bond donors (Lipinski definition) is 2. The molecule has 3 rings (SSSR count). The van der Waals surface area contributed by atoms with Crippen LogP contribution in [0.1, 0.15) is 15.9 Å². The lowest BCUT2D eigenvalue weighted by Crippen LogP contribution is -2.32. The molecule has 0 saturated heterocycles. The molecule has 0 aromatic heterocycles. The number of carbonyl (C=O) groups excluding carboxylic acids is 3. The minimum atomic E-state index is -1.05. The van der Waals surface area contributed by atoms with Gasteiger partial charge in [-0.05, 0) is 42.5 Å². The zero-order valence-electron chi connectivity index (χ0n) is 16.4. The second kappa shape index (κ2) is 11.3. The number of nitrogens with zero attached hydrogens (tertiary/aromatic N) is 1. The minimum Gasteiger partial charge on any atom is -0.422 e. The zero-order valence-corrected chi connectivity index (χ0v) is 20.3. The lowest BCUT2D eigenvalue weighted by Gasteiger charge is -2.09. The second-order valence-electron chi connectivity index (χ2n) is 6.31. The van der Waals surface area contributed by atoms with Crippen LogP contribution in [0.5, 0.6) is 5.75 Å². The Morgan fingerprint density at radius 3 is 2.39 bits per heavy atom. The van der Waals surface area contributed by atoms with Crippen molar-refractivity contribution < 1.29 is 19.1 Å². The van der Waals surface area contributed by atoms with Gasteiger partial charge in [-0.3, -0.25) is 9.59 Å². The highest BCUT2D eigenvalue weighted by Crippen LogP contribution is 2.29. The van der Waals surface area contributed by atoms with Crippen LogP contribution in [0.4, 0.5) is 5.69 Å². The molecule has 0 atom stereocenters. The van der Waals surface area contributed by atoms with Crippen molar-refractivity contribution in [2.75, 3.05) is 5.32 Å². The first-order chi connectivity index (χ1) is 15.8. The molecule has 0 spiro atoms. The van der Waals surface area contributed by atoms with Gasteiger partial charge in [-0.2, -0.15) is 5.10 Å². The van der Waals surface area contributed by atoms with Crippen LogP contribution in [0.15, 0.2) is 70.2 Å². The summed E-state index contributed by atoms with van der Waals surface area (Å²) in [6, 6.07) is 15.8. The molecule has 0 heterocycles. The fourth-order valence-electron chi connectivity index (χ4n) is 2.49. The number of rotatable bonds is 5. The molecule has 0 bridgehead atoms. The van der Waals surface area contributed by atoms with Crippen LogP contribution < -0.4 is 15.5 Å². The Morgan fingerprint density at radius 2 is 1.64 bits per heavy atom. The topological polar surface area (TPSA) is 96.9 Å². The molecule has 11 heteroatoms. The number of esters is 1. The van der Waals surface area contributed by atoms with Gasteiger partial charge in [0, 0.05) is 10.0 Å². The first-order valence-electron chi connectivity index (χ1n) is 9.11. The number of benzene rings is 3. The maximum Gasteiger partial charge on any atom is 0.345 e. The predicted octanol–water partition coefficient (Wildman–Crippen LogP) is 5.72. The molecular formula is C22H13BrCl3N3O4. The van der Waals surface area contributed by atoms with E-state index in [9.17, 15) is 14.4 Å². The van der Waals surface area contributed by atoms with Crippen LogP contribution in [-0.2, 0) is 9.59 Å². The molecule has 7 nitrogen and oxygen atoms in total. The van der Waals surface area contributed by atoms with Crippen LogP contribution >= 0.6 is 50.7 Å². The van der Waals surface area contributed by atoms with Crippen LogP contribution in [0, 0.1) is 0 Å². The van der Waals surface area contributed by atoms with E-state index in [2.05, 4.69) is 31.8 Å². The molecule has 0 radical (unpaired) electrons. The van der Waals surface area contributed by atoms with Crippen molar-refractivity contribution in [1.82, 2.24) is 5.43 Å². The average molecular weight is 570 g/mol. The Morgan fingerprint density at radius 1 is 0.909 bits per heavy atom. The smallest absolute Gasteiger partial charge is 0.345 e. The fraction of sp³-hybridized carbons (Fsp3) is 0. The average Bonchev–Trinajstić information content (AvgIpc) is 2.78. The van der Waals surface area contributed by atoms with Crippen molar-refractivity contribution in [1.29, 1.82) is 0 Å². The van der Waals surface area contributed by atoms with E-state index in [1.807, 2.05) is 0 Å². The van der Waals surface area contributed by atoms with Crippen molar-refractivity contribution in [2.45, 2.75) is 0 Å². The van der Waals surface area contributed by atoms with Gasteiger partial charge in [-0.25, -0.2) is 10.2 Å². The standard InChI is InChI=1S/C22H13BrCl3N3O4/c23-13-8-9-18(33-22(32)14-4-1-2-5-15(14)24)12(10-13)11-27-29-21(31)20(30)28-17-7-3-6-16(25)19(17)26/h1-11H,(H,28,30)(H,29,31)/b27-11+. The summed E-state index contributed by atoms with van der Waals surface area (Å²) in [6.45, 7) is 0. The van der Waals surface area contributed by atoms with E-state index >= 15 is 0 Å². The molecule has 33 heavy (non-hydrogen) atoms. The molecule has 0 fully saturated rings. The lowest BCUT2D eigenvalue weighted by atomic mass is 10.2. The lowest BCUT2D eigenvalue weighted by molar-refractivity contribution is -0.136. The first kappa shape index (κ1) is 24.7. The molecule has 168 valence electrons. The van der Waals surface area contributed by atoms with Gasteiger partial charge in [0.25, 0.3) is 0 Å². The number of anilines is 1. The summed E-state index contributed by atoms with van der Waals surface area (Å²) >= 11 is 21.2. The number of hydrogen-bond acceptors (Lipinski definition) is 5. The van der Waals surface area contributed by atoms with Gasteiger partial charge in [-0.1, -0.05) is 68.9 Å². The number of halogens is 4. The number of hydrazone groups is 1. The number of carbonyl (C=O) groups is 3. The molecule has 2 N–H and O–H groups in total. The van der Waals surface area contributed by atoms with Gasteiger partial charge in [0.2, 0.25) is 0 Å². The van der Waals surface area contributed by atoms with Gasteiger partial charge in [0.05, 0.1) is 32.5 Å². The van der Waals surface area contributed by atoms with Crippen LogP contribution in [0.25, 0.3) is 0 Å². The van der Waals surface area contributed by atoms with Crippen molar-refractivity contribution in [2.24, 2.45) is 5.10 Å². The third-order valence-electron chi connectivity index (χ3n) is 4.04. The summed E-state index contributed by atoms with van der Waals surface area (Å²) in [7, 11) is 0. The summed E-state index contributed by atoms with van der Waals surface area (Å²) in [5, 5.41) is 6.67. The number of ether oxygens (including phenoxy) is 1. The van der Waals surface area contributed by atoms with Gasteiger partial charge in [0.15, 0.2) is 0 Å². The van der Waals surface area contributed by atoms with Gasteiger partial charge < -0.3 is 10.1 Å². The maximum atomic E-state index is 12.5. The molecule has 0 unspecified atom stereocenters. The molecule has 0 aliphatic heterocycles. The Bertz CT molecular complexity index is 1270. The molecule has 3 aromatic rings. The van der Waals surface area contributed by atoms with Crippen LogP contribution in [-0.4, -0.2) is 24.0 Å². The Kier molecular flexibility index (Phi) is 8.46. The largest absolute Gasteiger partial charge is 0.422 e. The van der Waals surface area contributed by atoms with Crippen molar-refractivity contribution >= 4 is 80.4 Å². The fourth-order valence-corrected chi connectivity index (χ4v) is 3.42. The summed E-state index contributed by atoms with van der Waals surface area (Å²) < 4.78 is 6.09. The van der Waals surface area contributed by atoms with Crippen LogP contribution in [0.3, 0.4) is 0 Å². The third kappa shape index (κ3) is 6.55. The van der Waals surface area contributed by atoms with E-state index in [0.717, 1.165) is 0 Å². The van der Waals surface area contributed by atoms with E-state index in [-0.39, 0.29) is 32.1 Å². The van der Waals surface area contributed by atoms with E-state index in [1.165, 1.54) is 30.5 Å². The summed E-state index contributed by atoms with van der Waals surface area (Å²) in [5.74, 6) is -2.56. The highest BCUT2D eigenvalue weighted by Gasteiger charge is 2.17. The summed E-state index contributed by atoms with van der Waals surface area (Å²) in [6.07, 6.45) is 1.22. The van der Waals surface area contributed by atoms with E-state index in [4.69, 9.17) is 39.5 Å². The Balaban J connectivity index is 1.69. The second-order valence-corrected chi connectivity index (χ2v) is 8.41. The van der Waals surface area contributed by atoms with Gasteiger partial charge >= 0.3 is 17.8 Å². The Labute approximate surface area is 211 Å². The van der Waals surface area contributed by atoms with Gasteiger partial charge in [-0.15, -0.1) is 0 Å². The highest BCUT2D eigenvalue weighted by atomic mass is 79.9. The SMILES string of the molecule is O=C(N/N=C/c1cc(Br)ccc1OC(=O)c1ccccc1Cl)C(=O)Nc1cccc(Cl)c1Cl. The summed E-state index contributed by atoms with van der Waals surface area (Å²) in [5.41, 5.74) is 2.81. The quantitative estimate of drug-likeness (QED) is 0.135. The Hall–Kier alpha value is -2.91. The third-order valence-corrected chi connectivity index (χ3v) is 5.69. The molecule has 0 saturated carbocycles. The number of amides is 2. The van der Waals surface area contributed by atoms with E-state index < -0.39 is 17.8 Å². The first-order valence-corrected chi connectivity index (χ1v) is 11.0. The predicted molar refractivity (Wildman–Crippen MR) is 131 cm³/mol. The highest BCUT2D eigenvalue weighted by molar-refractivity contribution is 9.10. The molecule has 0 aliphatic carbocycles. The van der Waals surface area contributed by atoms with Gasteiger partial charge in [0.1, 0.15) is 5.75 Å². The molecule has 3 aromatic carbocycles. The van der Waals surface area contributed by atoms with Crippen molar-refractivity contribution in [3.05, 3.63) is 91.3 Å². The zero-order chi connectivity index (χ0) is 24.0. The molecule has 2 amide bonds. The van der Waals surface area contributed by atoms with Crippen molar-refractivity contribution in [3.8, 4) is 5.75 Å².